The lowest BCUT2D eigenvalue weighted by molar-refractivity contribution is -0.136. The van der Waals surface area contributed by atoms with E-state index in [2.05, 4.69) is 55.7 Å². The largest absolute Gasteiger partial charge is 0.487 e. The Morgan fingerprint density at radius 1 is 0.857 bits per heavy atom. The normalized spacial score (nSPS) is 11.4. The SMILES string of the molecule is O=C(N/N=C\c1cc(I)c(OCc2ccccc2)c(I)c1)C(O)(c1ccccc1)c1ccccc1. The molecular formula is C28H22I2N2O3. The first-order chi connectivity index (χ1) is 17.0. The number of hydrogen-bond donors (Lipinski definition) is 2. The molecule has 0 atom stereocenters. The summed E-state index contributed by atoms with van der Waals surface area (Å²) in [7, 11) is 0. The molecule has 2 N–H and O–H groups in total. The van der Waals surface area contributed by atoms with Crippen LogP contribution in [0, 0.1) is 7.14 Å². The standard InChI is InChI=1S/C28H22I2N2O3/c29-24-16-21(17-25(30)26(24)35-19-20-10-4-1-5-11-20)18-31-32-27(33)28(34,22-12-6-2-7-13-22)23-14-8-3-9-15-23/h1-18,34H,19H2,(H,32,33)/b31-18-. The lowest BCUT2D eigenvalue weighted by Crippen LogP contribution is -2.43. The van der Waals surface area contributed by atoms with Crippen LogP contribution in [0.2, 0.25) is 0 Å². The Balaban J connectivity index is 1.50. The molecule has 0 radical (unpaired) electrons. The molecule has 5 nitrogen and oxygen atoms in total. The maximum Gasteiger partial charge on any atom is 0.281 e. The molecule has 0 spiro atoms. The van der Waals surface area contributed by atoms with Crippen molar-refractivity contribution >= 4 is 57.3 Å². The van der Waals surface area contributed by atoms with Gasteiger partial charge in [0.15, 0.2) is 5.60 Å². The summed E-state index contributed by atoms with van der Waals surface area (Å²) < 4.78 is 7.90. The zero-order valence-corrected chi connectivity index (χ0v) is 22.9. The Hall–Kier alpha value is -2.76. The van der Waals surface area contributed by atoms with Gasteiger partial charge >= 0.3 is 0 Å². The van der Waals surface area contributed by atoms with E-state index in [1.54, 1.807) is 54.7 Å². The van der Waals surface area contributed by atoms with Crippen LogP contribution in [0.15, 0.2) is 108 Å². The van der Waals surface area contributed by atoms with Crippen LogP contribution in [0.5, 0.6) is 5.75 Å². The molecule has 0 bridgehead atoms. The number of halogens is 2. The van der Waals surface area contributed by atoms with E-state index in [1.807, 2.05) is 54.6 Å². The van der Waals surface area contributed by atoms with Gasteiger partial charge < -0.3 is 9.84 Å². The number of nitrogens with one attached hydrogen (secondary N) is 1. The summed E-state index contributed by atoms with van der Waals surface area (Å²) in [6.07, 6.45) is 1.56. The van der Waals surface area contributed by atoms with Crippen molar-refractivity contribution in [1.29, 1.82) is 0 Å². The number of nitrogens with zero attached hydrogens (tertiary/aromatic N) is 1. The molecule has 0 unspecified atom stereocenters. The average Bonchev–Trinajstić information content (AvgIpc) is 2.89. The quantitative estimate of drug-likeness (QED) is 0.139. The molecule has 176 valence electrons. The van der Waals surface area contributed by atoms with Crippen LogP contribution < -0.4 is 10.2 Å². The molecule has 4 aromatic carbocycles. The van der Waals surface area contributed by atoms with Gasteiger partial charge in [-0.1, -0.05) is 91.0 Å². The molecule has 0 saturated carbocycles. The Bertz CT molecular complexity index is 1250. The molecule has 7 heteroatoms. The zero-order chi connectivity index (χ0) is 24.7. The van der Waals surface area contributed by atoms with E-state index < -0.39 is 11.5 Å². The minimum atomic E-state index is -1.88. The van der Waals surface area contributed by atoms with Gasteiger partial charge in [0.25, 0.3) is 5.91 Å². The number of hydrogen-bond acceptors (Lipinski definition) is 4. The summed E-state index contributed by atoms with van der Waals surface area (Å²) in [5.74, 6) is 0.164. The van der Waals surface area contributed by atoms with Crippen LogP contribution >= 0.6 is 45.2 Å². The van der Waals surface area contributed by atoms with Gasteiger partial charge in [0, 0.05) is 0 Å². The summed E-state index contributed by atoms with van der Waals surface area (Å²) in [6.45, 7) is 0.480. The van der Waals surface area contributed by atoms with Crippen molar-refractivity contribution < 1.29 is 14.6 Å². The fourth-order valence-corrected chi connectivity index (χ4v) is 5.68. The third-order valence-corrected chi connectivity index (χ3v) is 6.94. The second kappa shape index (κ2) is 11.8. The number of ether oxygens (including phenoxy) is 1. The van der Waals surface area contributed by atoms with Crippen molar-refractivity contribution in [2.24, 2.45) is 5.10 Å². The van der Waals surface area contributed by atoms with Crippen LogP contribution in [-0.2, 0) is 17.0 Å². The number of benzene rings is 4. The number of aliphatic hydroxyl groups is 1. The molecule has 0 aliphatic carbocycles. The average molecular weight is 688 g/mol. The van der Waals surface area contributed by atoms with E-state index in [0.29, 0.717) is 17.7 Å². The number of hydrazone groups is 1. The van der Waals surface area contributed by atoms with Crippen LogP contribution in [0.1, 0.15) is 22.3 Å². The number of rotatable bonds is 8. The van der Waals surface area contributed by atoms with E-state index in [9.17, 15) is 9.90 Å². The smallest absolute Gasteiger partial charge is 0.281 e. The summed E-state index contributed by atoms with van der Waals surface area (Å²) in [4.78, 5) is 13.2. The van der Waals surface area contributed by atoms with E-state index in [1.165, 1.54) is 0 Å². The minimum absolute atomic E-state index is 0.461. The first kappa shape index (κ1) is 25.3. The molecular weight excluding hydrogens is 666 g/mol. The summed E-state index contributed by atoms with van der Waals surface area (Å²) in [5.41, 5.74) is 3.45. The highest BCUT2D eigenvalue weighted by molar-refractivity contribution is 14.1. The molecule has 0 heterocycles. The van der Waals surface area contributed by atoms with E-state index in [4.69, 9.17) is 4.74 Å². The highest BCUT2D eigenvalue weighted by Gasteiger charge is 2.39. The minimum Gasteiger partial charge on any atom is -0.487 e. The van der Waals surface area contributed by atoms with Gasteiger partial charge in [0.2, 0.25) is 0 Å². The maximum atomic E-state index is 13.2. The van der Waals surface area contributed by atoms with Gasteiger partial charge in [0.1, 0.15) is 12.4 Å². The molecule has 0 aliphatic heterocycles. The third kappa shape index (κ3) is 6.09. The predicted octanol–water partition coefficient (Wildman–Crippen LogP) is 5.86. The Kier molecular flexibility index (Phi) is 8.53. The lowest BCUT2D eigenvalue weighted by atomic mass is 9.85. The monoisotopic (exact) mass is 688 g/mol. The molecule has 4 rings (SSSR count). The highest BCUT2D eigenvalue weighted by atomic mass is 127. The molecule has 0 saturated heterocycles. The van der Waals surface area contributed by atoms with E-state index in [-0.39, 0.29) is 0 Å². The van der Waals surface area contributed by atoms with Crippen LogP contribution in [0.3, 0.4) is 0 Å². The highest BCUT2D eigenvalue weighted by Crippen LogP contribution is 2.31. The van der Waals surface area contributed by atoms with Crippen LogP contribution in [0.4, 0.5) is 0 Å². The van der Waals surface area contributed by atoms with Crippen molar-refractivity contribution in [3.63, 3.8) is 0 Å². The molecule has 1 amide bonds. The van der Waals surface area contributed by atoms with Gasteiger partial charge in [-0.3, -0.25) is 4.79 Å². The van der Waals surface area contributed by atoms with Crippen molar-refractivity contribution in [3.05, 3.63) is 133 Å². The third-order valence-electron chi connectivity index (χ3n) is 5.34. The molecule has 4 aromatic rings. The van der Waals surface area contributed by atoms with Crippen molar-refractivity contribution in [2.75, 3.05) is 0 Å². The van der Waals surface area contributed by atoms with Gasteiger partial charge in [-0.15, -0.1) is 0 Å². The summed E-state index contributed by atoms with van der Waals surface area (Å²) in [6, 6.07) is 31.5. The molecule has 0 fully saturated rings. The van der Waals surface area contributed by atoms with Gasteiger partial charge in [-0.25, -0.2) is 5.43 Å². The van der Waals surface area contributed by atoms with E-state index >= 15 is 0 Å². The van der Waals surface area contributed by atoms with Gasteiger partial charge in [-0.2, -0.15) is 5.10 Å². The van der Waals surface area contributed by atoms with Gasteiger partial charge in [-0.05, 0) is 79.6 Å². The molecule has 35 heavy (non-hydrogen) atoms. The predicted molar refractivity (Wildman–Crippen MR) is 154 cm³/mol. The van der Waals surface area contributed by atoms with E-state index in [0.717, 1.165) is 24.0 Å². The number of amides is 1. The second-order valence-corrected chi connectivity index (χ2v) is 10.1. The first-order valence-electron chi connectivity index (χ1n) is 10.8. The lowest BCUT2D eigenvalue weighted by Gasteiger charge is -2.27. The van der Waals surface area contributed by atoms with Crippen molar-refractivity contribution in [3.8, 4) is 5.75 Å². The van der Waals surface area contributed by atoms with Crippen molar-refractivity contribution in [1.82, 2.24) is 5.43 Å². The van der Waals surface area contributed by atoms with Crippen LogP contribution in [-0.4, -0.2) is 17.2 Å². The second-order valence-electron chi connectivity index (χ2n) is 7.73. The van der Waals surface area contributed by atoms with Crippen LogP contribution in [0.25, 0.3) is 0 Å². The zero-order valence-electron chi connectivity index (χ0n) is 18.6. The Morgan fingerprint density at radius 3 is 1.86 bits per heavy atom. The van der Waals surface area contributed by atoms with Crippen molar-refractivity contribution in [2.45, 2.75) is 12.2 Å². The number of carbonyl (C=O) groups is 1. The Labute approximate surface area is 231 Å². The fraction of sp³-hybridized carbons (Fsp3) is 0.0714. The summed E-state index contributed by atoms with van der Waals surface area (Å²) in [5, 5.41) is 15.6. The summed E-state index contributed by atoms with van der Waals surface area (Å²) >= 11 is 4.46. The number of carbonyl (C=O) groups excluding carboxylic acids is 1. The first-order valence-corrected chi connectivity index (χ1v) is 13.0. The molecule has 0 aromatic heterocycles. The fourth-order valence-electron chi connectivity index (χ4n) is 3.56. The molecule has 0 aliphatic rings. The topological polar surface area (TPSA) is 70.9 Å². The maximum absolute atomic E-state index is 13.2. The van der Waals surface area contributed by atoms with Gasteiger partial charge in [0.05, 0.1) is 13.4 Å². The Morgan fingerprint density at radius 2 is 1.34 bits per heavy atom.